The highest BCUT2D eigenvalue weighted by Crippen LogP contribution is 2.27. The second kappa shape index (κ2) is 7.01. The molecule has 1 N–H and O–H groups in total. The van der Waals surface area contributed by atoms with Crippen LogP contribution < -0.4 is 10.1 Å². The number of hydrogen-bond acceptors (Lipinski definition) is 3. The third-order valence-corrected chi connectivity index (χ3v) is 2.93. The summed E-state index contributed by atoms with van der Waals surface area (Å²) in [5.74, 6) is 0.915. The van der Waals surface area contributed by atoms with Gasteiger partial charge in [0.15, 0.2) is 0 Å². The van der Waals surface area contributed by atoms with Crippen molar-refractivity contribution in [1.29, 1.82) is 0 Å². The van der Waals surface area contributed by atoms with Gasteiger partial charge in [-0.15, -0.1) is 0 Å². The van der Waals surface area contributed by atoms with E-state index in [1.807, 2.05) is 45.3 Å². The van der Waals surface area contributed by atoms with Crippen LogP contribution in [0.15, 0.2) is 24.3 Å². The van der Waals surface area contributed by atoms with E-state index in [0.717, 1.165) is 11.3 Å². The van der Waals surface area contributed by atoms with E-state index in [2.05, 4.69) is 10.2 Å². The van der Waals surface area contributed by atoms with Gasteiger partial charge in [-0.3, -0.25) is 4.79 Å². The van der Waals surface area contributed by atoms with Crippen molar-refractivity contribution in [3.8, 4) is 5.75 Å². The van der Waals surface area contributed by atoms with E-state index in [4.69, 9.17) is 4.74 Å². The van der Waals surface area contributed by atoms with Crippen LogP contribution in [0.2, 0.25) is 0 Å². The SMILES string of the molecule is CCC(=O)NC[C@@H](c1ccccc1OC)N(C)C. The first-order valence-corrected chi connectivity index (χ1v) is 6.16. The molecule has 0 heterocycles. The van der Waals surface area contributed by atoms with Crippen molar-refractivity contribution in [2.45, 2.75) is 19.4 Å². The van der Waals surface area contributed by atoms with Crippen molar-refractivity contribution in [2.75, 3.05) is 27.7 Å². The van der Waals surface area contributed by atoms with E-state index in [1.165, 1.54) is 0 Å². The highest BCUT2D eigenvalue weighted by Gasteiger charge is 2.18. The zero-order chi connectivity index (χ0) is 13.5. The quantitative estimate of drug-likeness (QED) is 0.837. The van der Waals surface area contributed by atoms with Crippen molar-refractivity contribution in [1.82, 2.24) is 10.2 Å². The molecule has 1 atom stereocenters. The summed E-state index contributed by atoms with van der Waals surface area (Å²) in [6.07, 6.45) is 0.506. The summed E-state index contributed by atoms with van der Waals surface area (Å²) in [5.41, 5.74) is 1.08. The standard InChI is InChI=1S/C14H22N2O2/c1-5-14(17)15-10-12(16(2)3)11-8-6-7-9-13(11)18-4/h6-9,12H,5,10H2,1-4H3,(H,15,17)/t12-/m0/s1. The van der Waals surface area contributed by atoms with Gasteiger partial charge in [0.2, 0.25) is 5.91 Å². The van der Waals surface area contributed by atoms with Gasteiger partial charge in [-0.05, 0) is 20.2 Å². The molecule has 4 nitrogen and oxygen atoms in total. The highest BCUT2D eigenvalue weighted by molar-refractivity contribution is 5.75. The minimum atomic E-state index is 0.0664. The van der Waals surface area contributed by atoms with Gasteiger partial charge in [-0.25, -0.2) is 0 Å². The molecule has 0 aliphatic carbocycles. The van der Waals surface area contributed by atoms with Gasteiger partial charge in [0.1, 0.15) is 5.75 Å². The molecule has 0 unspecified atom stereocenters. The number of carbonyl (C=O) groups excluding carboxylic acids is 1. The number of ether oxygens (including phenoxy) is 1. The first-order chi connectivity index (χ1) is 8.60. The third kappa shape index (κ3) is 3.74. The van der Waals surface area contributed by atoms with Crippen molar-refractivity contribution in [2.24, 2.45) is 0 Å². The van der Waals surface area contributed by atoms with Crippen molar-refractivity contribution in [3.05, 3.63) is 29.8 Å². The maximum absolute atomic E-state index is 11.4. The van der Waals surface area contributed by atoms with Crippen LogP contribution in [0.3, 0.4) is 0 Å². The van der Waals surface area contributed by atoms with Crippen molar-refractivity contribution >= 4 is 5.91 Å². The summed E-state index contributed by atoms with van der Waals surface area (Å²) in [4.78, 5) is 13.4. The van der Waals surface area contributed by atoms with Crippen LogP contribution >= 0.6 is 0 Å². The lowest BCUT2D eigenvalue weighted by atomic mass is 10.0. The number of para-hydroxylation sites is 1. The van der Waals surface area contributed by atoms with E-state index < -0.39 is 0 Å². The number of rotatable bonds is 6. The normalized spacial score (nSPS) is 12.3. The number of nitrogens with zero attached hydrogens (tertiary/aromatic N) is 1. The molecule has 0 saturated heterocycles. The van der Waals surface area contributed by atoms with Gasteiger partial charge in [0.05, 0.1) is 13.2 Å². The second-order valence-corrected chi connectivity index (χ2v) is 4.38. The van der Waals surface area contributed by atoms with Crippen LogP contribution in [0.25, 0.3) is 0 Å². The van der Waals surface area contributed by atoms with E-state index in [9.17, 15) is 4.79 Å². The predicted molar refractivity (Wildman–Crippen MR) is 72.7 cm³/mol. The maximum Gasteiger partial charge on any atom is 0.219 e. The molecule has 100 valence electrons. The molecule has 0 radical (unpaired) electrons. The molecule has 18 heavy (non-hydrogen) atoms. The molecule has 1 aromatic rings. The molecule has 0 aromatic heterocycles. The number of carbonyl (C=O) groups is 1. The van der Waals surface area contributed by atoms with Crippen LogP contribution in [-0.4, -0.2) is 38.6 Å². The van der Waals surface area contributed by atoms with Crippen LogP contribution in [-0.2, 0) is 4.79 Å². The fourth-order valence-corrected chi connectivity index (χ4v) is 1.85. The molecule has 0 aliphatic heterocycles. The predicted octanol–water partition coefficient (Wildman–Crippen LogP) is 1.82. The molecular formula is C14H22N2O2. The van der Waals surface area contributed by atoms with Crippen molar-refractivity contribution in [3.63, 3.8) is 0 Å². The van der Waals surface area contributed by atoms with Gasteiger partial charge in [0.25, 0.3) is 0 Å². The van der Waals surface area contributed by atoms with Crippen molar-refractivity contribution < 1.29 is 9.53 Å². The van der Waals surface area contributed by atoms with Gasteiger partial charge < -0.3 is 15.0 Å². The van der Waals surface area contributed by atoms with Gasteiger partial charge >= 0.3 is 0 Å². The maximum atomic E-state index is 11.4. The molecule has 0 spiro atoms. The Labute approximate surface area is 109 Å². The van der Waals surface area contributed by atoms with Crippen LogP contribution in [0.1, 0.15) is 24.9 Å². The molecule has 0 saturated carbocycles. The van der Waals surface area contributed by atoms with Gasteiger partial charge in [0, 0.05) is 18.5 Å². The average Bonchev–Trinajstić information content (AvgIpc) is 2.38. The highest BCUT2D eigenvalue weighted by atomic mass is 16.5. The zero-order valence-electron chi connectivity index (χ0n) is 11.6. The zero-order valence-corrected chi connectivity index (χ0v) is 11.6. The minimum absolute atomic E-state index is 0.0664. The first-order valence-electron chi connectivity index (χ1n) is 6.16. The lowest BCUT2D eigenvalue weighted by molar-refractivity contribution is -0.121. The van der Waals surface area contributed by atoms with Gasteiger partial charge in [-0.2, -0.15) is 0 Å². The Morgan fingerprint density at radius 2 is 2.06 bits per heavy atom. The number of likely N-dealkylation sites (N-methyl/N-ethyl adjacent to an activating group) is 1. The summed E-state index contributed by atoms with van der Waals surface area (Å²) in [6, 6.07) is 8.00. The number of methoxy groups -OCH3 is 1. The Balaban J connectivity index is 2.87. The smallest absolute Gasteiger partial charge is 0.219 e. The number of benzene rings is 1. The molecule has 4 heteroatoms. The van der Waals surface area contributed by atoms with Crippen LogP contribution in [0, 0.1) is 0 Å². The molecule has 0 bridgehead atoms. The van der Waals surface area contributed by atoms with Crippen LogP contribution in [0.4, 0.5) is 0 Å². The summed E-state index contributed by atoms with van der Waals surface area (Å²) in [6.45, 7) is 2.43. The molecule has 1 amide bonds. The molecule has 0 fully saturated rings. The lowest BCUT2D eigenvalue weighted by Crippen LogP contribution is -2.34. The average molecular weight is 250 g/mol. The Morgan fingerprint density at radius 3 is 2.61 bits per heavy atom. The van der Waals surface area contributed by atoms with E-state index >= 15 is 0 Å². The summed E-state index contributed by atoms with van der Waals surface area (Å²) in [7, 11) is 5.65. The fourth-order valence-electron chi connectivity index (χ4n) is 1.85. The first kappa shape index (κ1) is 14.5. The summed E-state index contributed by atoms with van der Waals surface area (Å²) < 4.78 is 5.37. The Kier molecular flexibility index (Phi) is 5.65. The third-order valence-electron chi connectivity index (χ3n) is 2.93. The topological polar surface area (TPSA) is 41.6 Å². The molecular weight excluding hydrogens is 228 g/mol. The monoisotopic (exact) mass is 250 g/mol. The lowest BCUT2D eigenvalue weighted by Gasteiger charge is -2.26. The largest absolute Gasteiger partial charge is 0.496 e. The fraction of sp³-hybridized carbons (Fsp3) is 0.500. The number of amides is 1. The summed E-state index contributed by atoms with van der Waals surface area (Å²) >= 11 is 0. The molecule has 1 aromatic carbocycles. The molecule has 0 aliphatic rings. The van der Waals surface area contributed by atoms with Crippen LogP contribution in [0.5, 0.6) is 5.75 Å². The number of hydrogen-bond donors (Lipinski definition) is 1. The Bertz CT molecular complexity index is 391. The Morgan fingerprint density at radius 1 is 1.39 bits per heavy atom. The molecule has 1 rings (SSSR count). The van der Waals surface area contributed by atoms with E-state index in [1.54, 1.807) is 7.11 Å². The van der Waals surface area contributed by atoms with E-state index in [0.29, 0.717) is 13.0 Å². The van der Waals surface area contributed by atoms with E-state index in [-0.39, 0.29) is 11.9 Å². The summed E-state index contributed by atoms with van der Waals surface area (Å²) in [5, 5.41) is 2.93. The Hall–Kier alpha value is -1.55. The number of nitrogens with one attached hydrogen (secondary N) is 1. The van der Waals surface area contributed by atoms with Gasteiger partial charge in [-0.1, -0.05) is 25.1 Å². The second-order valence-electron chi connectivity index (χ2n) is 4.38. The minimum Gasteiger partial charge on any atom is -0.496 e.